The van der Waals surface area contributed by atoms with Crippen molar-refractivity contribution < 1.29 is 12.8 Å². The van der Waals surface area contributed by atoms with Crippen LogP contribution in [-0.2, 0) is 10.0 Å². The number of aromatic nitrogens is 1. The van der Waals surface area contributed by atoms with E-state index in [1.165, 1.54) is 18.6 Å². The van der Waals surface area contributed by atoms with E-state index < -0.39 is 10.0 Å². The van der Waals surface area contributed by atoms with Crippen LogP contribution in [0.25, 0.3) is 0 Å². The molecule has 0 bridgehead atoms. The Labute approximate surface area is 105 Å². The van der Waals surface area contributed by atoms with Gasteiger partial charge in [-0.2, -0.15) is 0 Å². The lowest BCUT2D eigenvalue weighted by Gasteiger charge is -2.09. The van der Waals surface area contributed by atoms with Crippen LogP contribution in [0.1, 0.15) is 24.5 Å². The highest BCUT2D eigenvalue weighted by molar-refractivity contribution is 7.92. The van der Waals surface area contributed by atoms with Crippen molar-refractivity contribution in [3.8, 4) is 0 Å². The lowest BCUT2D eigenvalue weighted by Crippen LogP contribution is -2.13. The number of rotatable bonds is 4. The molecule has 0 aliphatic heterocycles. The molecule has 2 aromatic rings. The average molecular weight is 264 g/mol. The first kappa shape index (κ1) is 11.3. The van der Waals surface area contributed by atoms with Crippen molar-refractivity contribution in [2.24, 2.45) is 0 Å². The molecule has 94 valence electrons. The molecule has 1 saturated carbocycles. The van der Waals surface area contributed by atoms with E-state index >= 15 is 0 Å². The largest absolute Gasteiger partial charge is 0.471 e. The van der Waals surface area contributed by atoms with E-state index in [0.29, 0.717) is 11.6 Å². The molecule has 0 spiro atoms. The van der Waals surface area contributed by atoms with Gasteiger partial charge in [0.25, 0.3) is 10.0 Å². The third-order valence-electron chi connectivity index (χ3n) is 2.85. The minimum absolute atomic E-state index is 0.119. The van der Waals surface area contributed by atoms with Gasteiger partial charge in [-0.15, -0.1) is 0 Å². The third-order valence-corrected chi connectivity index (χ3v) is 4.19. The molecule has 2 aromatic heterocycles. The van der Waals surface area contributed by atoms with Crippen LogP contribution in [0, 0.1) is 0 Å². The highest BCUT2D eigenvalue weighted by Gasteiger charge is 2.29. The Morgan fingerprint density at radius 2 is 2.17 bits per heavy atom. The first-order valence-electron chi connectivity index (χ1n) is 5.67. The smallest absolute Gasteiger partial charge is 0.265 e. The van der Waals surface area contributed by atoms with E-state index in [2.05, 4.69) is 9.71 Å². The van der Waals surface area contributed by atoms with Gasteiger partial charge in [-0.3, -0.25) is 9.71 Å². The maximum Gasteiger partial charge on any atom is 0.265 e. The van der Waals surface area contributed by atoms with Crippen molar-refractivity contribution >= 4 is 15.7 Å². The molecule has 0 unspecified atom stereocenters. The summed E-state index contributed by atoms with van der Waals surface area (Å²) in [7, 11) is -3.58. The second kappa shape index (κ2) is 4.13. The summed E-state index contributed by atoms with van der Waals surface area (Å²) < 4.78 is 31.5. The molecule has 3 rings (SSSR count). The molecule has 1 aliphatic carbocycles. The molecule has 0 saturated heterocycles. The van der Waals surface area contributed by atoms with Gasteiger partial charge in [0.15, 0.2) is 0 Å². The maximum atomic E-state index is 12.1. The average Bonchev–Trinajstić information content (AvgIpc) is 3.03. The zero-order valence-electron chi connectivity index (χ0n) is 9.54. The van der Waals surface area contributed by atoms with Crippen LogP contribution in [-0.4, -0.2) is 13.4 Å². The van der Waals surface area contributed by atoms with Crippen molar-refractivity contribution in [1.82, 2.24) is 4.98 Å². The summed E-state index contributed by atoms with van der Waals surface area (Å²) in [5.74, 6) is 0.383. The van der Waals surface area contributed by atoms with Crippen LogP contribution in [0.4, 0.5) is 5.69 Å². The fourth-order valence-electron chi connectivity index (χ4n) is 1.79. The summed E-state index contributed by atoms with van der Waals surface area (Å²) in [5.41, 5.74) is 1.38. The second-order valence-electron chi connectivity index (χ2n) is 4.28. The lowest BCUT2D eigenvalue weighted by atomic mass is 10.2. The molecule has 2 heterocycles. The van der Waals surface area contributed by atoms with E-state index in [1.807, 2.05) is 0 Å². The fourth-order valence-corrected chi connectivity index (χ4v) is 2.79. The van der Waals surface area contributed by atoms with Gasteiger partial charge >= 0.3 is 0 Å². The van der Waals surface area contributed by atoms with Crippen LogP contribution in [0.15, 0.2) is 46.2 Å². The molecule has 18 heavy (non-hydrogen) atoms. The molecule has 6 heteroatoms. The molecule has 0 amide bonds. The number of hydrogen-bond acceptors (Lipinski definition) is 4. The highest BCUT2D eigenvalue weighted by atomic mass is 32.2. The molecule has 1 fully saturated rings. The molecule has 1 aliphatic rings. The summed E-state index contributed by atoms with van der Waals surface area (Å²) in [5, 5.41) is 0. The summed E-state index contributed by atoms with van der Waals surface area (Å²) in [4.78, 5) is 4.37. The van der Waals surface area contributed by atoms with Crippen molar-refractivity contribution in [2.75, 3.05) is 4.72 Å². The SMILES string of the molecule is O=S(=O)(Nc1cccnc1C1CC1)c1ccoc1. The molecule has 0 radical (unpaired) electrons. The number of pyridine rings is 1. The number of anilines is 1. The lowest BCUT2D eigenvalue weighted by molar-refractivity contribution is 0.557. The van der Waals surface area contributed by atoms with E-state index in [1.54, 1.807) is 18.3 Å². The van der Waals surface area contributed by atoms with Gasteiger partial charge in [-0.1, -0.05) is 0 Å². The summed E-state index contributed by atoms with van der Waals surface area (Å²) in [6.45, 7) is 0. The fraction of sp³-hybridized carbons (Fsp3) is 0.250. The standard InChI is InChI=1S/C12H12N2O3S/c15-18(16,10-5-7-17-8-10)14-11-2-1-6-13-12(11)9-3-4-9/h1-2,5-9,14H,3-4H2. The first-order chi connectivity index (χ1) is 8.67. The Morgan fingerprint density at radius 3 is 2.83 bits per heavy atom. The topological polar surface area (TPSA) is 72.2 Å². The van der Waals surface area contributed by atoms with Crippen LogP contribution in [0.5, 0.6) is 0 Å². The van der Waals surface area contributed by atoms with Gasteiger partial charge in [0.2, 0.25) is 0 Å². The highest BCUT2D eigenvalue weighted by Crippen LogP contribution is 2.42. The number of nitrogens with zero attached hydrogens (tertiary/aromatic N) is 1. The summed E-state index contributed by atoms with van der Waals surface area (Å²) >= 11 is 0. The summed E-state index contributed by atoms with van der Waals surface area (Å²) in [6, 6.07) is 4.87. The van der Waals surface area contributed by atoms with Gasteiger partial charge in [0.1, 0.15) is 11.2 Å². The summed E-state index contributed by atoms with van der Waals surface area (Å²) in [6.07, 6.45) is 6.35. The third kappa shape index (κ3) is 2.11. The number of hydrogen-bond donors (Lipinski definition) is 1. The Balaban J connectivity index is 1.93. The van der Waals surface area contributed by atoms with Gasteiger partial charge in [0.05, 0.1) is 17.6 Å². The number of sulfonamides is 1. The minimum atomic E-state index is -3.58. The van der Waals surface area contributed by atoms with Crippen LogP contribution in [0.3, 0.4) is 0 Å². The van der Waals surface area contributed by atoms with E-state index in [9.17, 15) is 8.42 Å². The minimum Gasteiger partial charge on any atom is -0.471 e. The predicted octanol–water partition coefficient (Wildman–Crippen LogP) is 2.35. The zero-order valence-corrected chi connectivity index (χ0v) is 10.4. The molecular formula is C12H12N2O3S. The maximum absolute atomic E-state index is 12.1. The van der Waals surface area contributed by atoms with Crippen LogP contribution in [0.2, 0.25) is 0 Å². The van der Waals surface area contributed by atoms with Gasteiger partial charge in [-0.05, 0) is 31.0 Å². The van der Waals surface area contributed by atoms with Gasteiger partial charge < -0.3 is 4.42 Å². The Bertz CT molecular complexity index is 646. The van der Waals surface area contributed by atoms with Gasteiger partial charge in [0, 0.05) is 12.1 Å². The monoisotopic (exact) mass is 264 g/mol. The van der Waals surface area contributed by atoms with E-state index in [4.69, 9.17) is 4.42 Å². The molecule has 0 atom stereocenters. The van der Waals surface area contributed by atoms with Crippen molar-refractivity contribution in [3.05, 3.63) is 42.6 Å². The number of furan rings is 1. The van der Waals surface area contributed by atoms with Crippen LogP contribution >= 0.6 is 0 Å². The zero-order chi connectivity index (χ0) is 12.6. The number of nitrogens with one attached hydrogen (secondary N) is 1. The van der Waals surface area contributed by atoms with E-state index in [0.717, 1.165) is 18.5 Å². The molecule has 0 aromatic carbocycles. The van der Waals surface area contributed by atoms with Crippen molar-refractivity contribution in [2.45, 2.75) is 23.7 Å². The Kier molecular flexibility index (Phi) is 2.59. The quantitative estimate of drug-likeness (QED) is 0.920. The van der Waals surface area contributed by atoms with E-state index in [-0.39, 0.29) is 4.90 Å². The van der Waals surface area contributed by atoms with Crippen LogP contribution < -0.4 is 4.72 Å². The molecule has 5 nitrogen and oxygen atoms in total. The Morgan fingerprint density at radius 1 is 1.33 bits per heavy atom. The Hall–Kier alpha value is -1.82. The van der Waals surface area contributed by atoms with Crippen molar-refractivity contribution in [1.29, 1.82) is 0 Å². The van der Waals surface area contributed by atoms with Gasteiger partial charge in [-0.25, -0.2) is 8.42 Å². The van der Waals surface area contributed by atoms with Crippen molar-refractivity contribution in [3.63, 3.8) is 0 Å². The second-order valence-corrected chi connectivity index (χ2v) is 5.96. The predicted molar refractivity (Wildman–Crippen MR) is 65.7 cm³/mol. The normalized spacial score (nSPS) is 15.6. The molecular weight excluding hydrogens is 252 g/mol. The molecule has 1 N–H and O–H groups in total. The first-order valence-corrected chi connectivity index (χ1v) is 7.15.